The number of rotatable bonds is 6. The zero-order valence-corrected chi connectivity index (χ0v) is 16.9. The summed E-state index contributed by atoms with van der Waals surface area (Å²) < 4.78 is 50.3. The molecule has 0 saturated heterocycles. The summed E-state index contributed by atoms with van der Waals surface area (Å²) in [7, 11) is 3.16. The summed E-state index contributed by atoms with van der Waals surface area (Å²) in [5, 5.41) is 4.54. The van der Waals surface area contributed by atoms with Crippen molar-refractivity contribution >= 4 is 11.3 Å². The van der Waals surface area contributed by atoms with Crippen LogP contribution in [0.1, 0.15) is 38.4 Å². The van der Waals surface area contributed by atoms with Crippen LogP contribution in [0.4, 0.5) is 13.2 Å². The third-order valence-electron chi connectivity index (χ3n) is 4.74. The Morgan fingerprint density at radius 2 is 1.86 bits per heavy atom. The number of fused-ring (bicyclic) bond motifs is 1. The van der Waals surface area contributed by atoms with E-state index in [0.717, 1.165) is 12.8 Å². The molecule has 0 aliphatic carbocycles. The molecule has 0 atom stereocenters. The molecule has 0 saturated carbocycles. The van der Waals surface area contributed by atoms with Crippen LogP contribution in [0.5, 0.6) is 11.5 Å². The fourth-order valence-corrected chi connectivity index (χ4v) is 3.30. The molecular weight excluding hydrogens is 387 g/mol. The number of nitrogens with zero attached hydrogens (tertiary/aromatic N) is 5. The monoisotopic (exact) mass is 410 g/mol. The van der Waals surface area contributed by atoms with Gasteiger partial charge >= 0.3 is 12.0 Å². The normalized spacial score (nSPS) is 12.0. The third kappa shape index (κ3) is 4.10. The summed E-state index contributed by atoms with van der Waals surface area (Å²) in [5.74, 6) is -0.157. The molecule has 156 valence electrons. The number of hydrogen-bond donors (Lipinski definition) is 0. The predicted molar refractivity (Wildman–Crippen MR) is 99.5 cm³/mol. The van der Waals surface area contributed by atoms with E-state index in [-0.39, 0.29) is 17.5 Å². The van der Waals surface area contributed by atoms with Crippen molar-refractivity contribution in [3.63, 3.8) is 0 Å². The van der Waals surface area contributed by atoms with Gasteiger partial charge in [-0.2, -0.15) is 0 Å². The standard InChI is InChI=1S/C19H23F3N5O2/c1-6-12(7-2)27-18-17(26(4)25-27)24-16(11(3)23-18)14-9-8-13(10-15(14)28-5)29-19(20,21)22/h8-10,12H,6-7H2,1-5H3/q+1. The van der Waals surface area contributed by atoms with Crippen molar-refractivity contribution in [2.45, 2.75) is 46.0 Å². The molecule has 3 aromatic rings. The van der Waals surface area contributed by atoms with Gasteiger partial charge in [-0.25, -0.2) is 4.98 Å². The number of methoxy groups -OCH3 is 1. The number of halogens is 3. The minimum Gasteiger partial charge on any atom is -0.496 e. The molecule has 0 amide bonds. The van der Waals surface area contributed by atoms with Crippen molar-refractivity contribution in [1.29, 1.82) is 0 Å². The summed E-state index contributed by atoms with van der Waals surface area (Å²) in [4.78, 5) is 9.40. The molecule has 0 radical (unpaired) electrons. The highest BCUT2D eigenvalue weighted by atomic mass is 19.4. The van der Waals surface area contributed by atoms with Crippen LogP contribution >= 0.6 is 0 Å². The molecular formula is C19H23F3N5O2+. The zero-order valence-electron chi connectivity index (χ0n) is 16.9. The van der Waals surface area contributed by atoms with E-state index in [9.17, 15) is 13.2 Å². The second-order valence-corrected chi connectivity index (χ2v) is 6.64. The Hall–Kier alpha value is -2.91. The van der Waals surface area contributed by atoms with Crippen molar-refractivity contribution in [3.8, 4) is 22.8 Å². The van der Waals surface area contributed by atoms with Crippen LogP contribution in [0.25, 0.3) is 22.6 Å². The minimum atomic E-state index is -4.78. The van der Waals surface area contributed by atoms with Gasteiger partial charge in [0.25, 0.3) is 5.65 Å². The van der Waals surface area contributed by atoms with Crippen molar-refractivity contribution < 1.29 is 27.3 Å². The first-order chi connectivity index (χ1) is 13.7. The van der Waals surface area contributed by atoms with Gasteiger partial charge in [-0.15, -0.1) is 22.5 Å². The third-order valence-corrected chi connectivity index (χ3v) is 4.74. The maximum Gasteiger partial charge on any atom is 0.573 e. The van der Waals surface area contributed by atoms with Gasteiger partial charge in [0.1, 0.15) is 17.5 Å². The molecule has 0 spiro atoms. The van der Waals surface area contributed by atoms with Gasteiger partial charge in [-0.3, -0.25) is 0 Å². The highest BCUT2D eigenvalue weighted by Gasteiger charge is 2.32. The Morgan fingerprint density at radius 3 is 2.45 bits per heavy atom. The van der Waals surface area contributed by atoms with Crippen molar-refractivity contribution in [2.75, 3.05) is 7.11 Å². The maximum atomic E-state index is 12.5. The maximum absolute atomic E-state index is 12.5. The molecule has 0 unspecified atom stereocenters. The van der Waals surface area contributed by atoms with Crippen LogP contribution in [0.2, 0.25) is 0 Å². The first kappa shape index (κ1) is 20.8. The first-order valence-electron chi connectivity index (χ1n) is 9.25. The van der Waals surface area contributed by atoms with Crippen LogP contribution in [-0.2, 0) is 7.05 Å². The second-order valence-electron chi connectivity index (χ2n) is 6.64. The smallest absolute Gasteiger partial charge is 0.496 e. The van der Waals surface area contributed by atoms with E-state index in [4.69, 9.17) is 14.7 Å². The van der Waals surface area contributed by atoms with Gasteiger partial charge in [0.15, 0.2) is 5.69 Å². The quantitative estimate of drug-likeness (QED) is 0.577. The van der Waals surface area contributed by atoms with Gasteiger partial charge in [-0.05, 0) is 31.9 Å². The van der Waals surface area contributed by atoms with Crippen LogP contribution in [0.15, 0.2) is 18.2 Å². The highest BCUT2D eigenvalue weighted by molar-refractivity contribution is 5.75. The van der Waals surface area contributed by atoms with Gasteiger partial charge in [0.05, 0.1) is 25.4 Å². The Morgan fingerprint density at radius 1 is 1.17 bits per heavy atom. The molecule has 10 heteroatoms. The average molecular weight is 410 g/mol. The summed E-state index contributed by atoms with van der Waals surface area (Å²) in [6, 6.07) is 4.09. The van der Waals surface area contributed by atoms with Gasteiger partial charge in [-0.1, -0.05) is 18.8 Å². The first-order valence-corrected chi connectivity index (χ1v) is 9.25. The lowest BCUT2D eigenvalue weighted by Crippen LogP contribution is -2.32. The van der Waals surface area contributed by atoms with Crippen LogP contribution in [0, 0.1) is 6.92 Å². The molecule has 29 heavy (non-hydrogen) atoms. The summed E-state index contributed by atoms with van der Waals surface area (Å²) >= 11 is 0. The Labute approximate surface area is 166 Å². The summed E-state index contributed by atoms with van der Waals surface area (Å²) in [6.45, 7) is 5.98. The van der Waals surface area contributed by atoms with Crippen molar-refractivity contribution in [1.82, 2.24) is 19.9 Å². The topological polar surface area (TPSA) is 65.9 Å². The number of aryl methyl sites for hydroxylation is 2. The Bertz CT molecular complexity index is 1030. The fraction of sp³-hybridized carbons (Fsp3) is 0.474. The number of hydrogen-bond acceptors (Lipinski definition) is 5. The molecule has 2 aromatic heterocycles. The predicted octanol–water partition coefficient (Wildman–Crippen LogP) is 3.89. The highest BCUT2D eigenvalue weighted by Crippen LogP contribution is 2.35. The molecule has 7 nitrogen and oxygen atoms in total. The molecule has 2 heterocycles. The second kappa shape index (κ2) is 7.84. The molecule has 1 aromatic carbocycles. The SMILES string of the molecule is CCC(CC)n1n[n+](C)c2nc(-c3ccc(OC(F)(F)F)cc3OC)c(C)nc21. The molecule has 0 aliphatic rings. The van der Waals surface area contributed by atoms with E-state index in [1.165, 1.54) is 25.3 Å². The fourth-order valence-electron chi connectivity index (χ4n) is 3.30. The van der Waals surface area contributed by atoms with Gasteiger partial charge < -0.3 is 9.47 Å². The Balaban J connectivity index is 2.13. The summed E-state index contributed by atoms with van der Waals surface area (Å²) in [5.41, 5.74) is 2.89. The van der Waals surface area contributed by atoms with Crippen LogP contribution in [-0.4, -0.2) is 33.3 Å². The lowest BCUT2D eigenvalue weighted by Gasteiger charge is -2.12. The zero-order chi connectivity index (χ0) is 21.3. The lowest BCUT2D eigenvalue weighted by molar-refractivity contribution is -0.711. The van der Waals surface area contributed by atoms with Crippen LogP contribution in [0.3, 0.4) is 0 Å². The van der Waals surface area contributed by atoms with E-state index in [2.05, 4.69) is 23.8 Å². The van der Waals surface area contributed by atoms with E-state index in [0.29, 0.717) is 28.2 Å². The molecule has 0 N–H and O–H groups in total. The number of benzene rings is 1. The lowest BCUT2D eigenvalue weighted by atomic mass is 10.1. The van der Waals surface area contributed by atoms with Crippen LogP contribution < -0.4 is 14.2 Å². The van der Waals surface area contributed by atoms with E-state index < -0.39 is 6.36 Å². The largest absolute Gasteiger partial charge is 0.573 e. The number of aromatic nitrogens is 5. The van der Waals surface area contributed by atoms with Crippen molar-refractivity contribution in [3.05, 3.63) is 23.9 Å². The molecule has 0 fully saturated rings. The molecule has 0 aliphatic heterocycles. The van der Waals surface area contributed by atoms with E-state index >= 15 is 0 Å². The number of alkyl halides is 3. The van der Waals surface area contributed by atoms with Gasteiger partial charge in [0.2, 0.25) is 0 Å². The van der Waals surface area contributed by atoms with Gasteiger partial charge in [0, 0.05) is 11.3 Å². The van der Waals surface area contributed by atoms with E-state index in [1.54, 1.807) is 18.7 Å². The Kier molecular flexibility index (Phi) is 5.63. The average Bonchev–Trinajstić information content (AvgIpc) is 2.96. The molecule has 0 bridgehead atoms. The minimum absolute atomic E-state index is 0.201. The summed E-state index contributed by atoms with van der Waals surface area (Å²) in [6.07, 6.45) is -2.97. The van der Waals surface area contributed by atoms with Crippen molar-refractivity contribution in [2.24, 2.45) is 7.05 Å². The number of ether oxygens (including phenoxy) is 2. The molecule has 3 rings (SSSR count). The van der Waals surface area contributed by atoms with E-state index in [1.807, 2.05) is 4.68 Å².